The summed E-state index contributed by atoms with van der Waals surface area (Å²) in [5, 5.41) is 17.7. The summed E-state index contributed by atoms with van der Waals surface area (Å²) < 4.78 is 0. The molecule has 0 spiro atoms. The highest BCUT2D eigenvalue weighted by Gasteiger charge is 2.20. The van der Waals surface area contributed by atoms with Crippen molar-refractivity contribution in [1.82, 2.24) is 5.32 Å². The summed E-state index contributed by atoms with van der Waals surface area (Å²) in [6, 6.07) is 28.2. The third kappa shape index (κ3) is 8.05. The van der Waals surface area contributed by atoms with Gasteiger partial charge in [-0.2, -0.15) is 0 Å². The number of aliphatic carboxylic acids is 1. The van der Waals surface area contributed by atoms with Crippen molar-refractivity contribution in [2.75, 3.05) is 17.2 Å². The maximum Gasteiger partial charge on any atom is 0.305 e. The maximum atomic E-state index is 13.5. The van der Waals surface area contributed by atoms with E-state index in [2.05, 4.69) is 48.9 Å². The molecule has 0 fully saturated rings. The zero-order valence-corrected chi connectivity index (χ0v) is 23.5. The number of hydrogen-bond acceptors (Lipinski definition) is 4. The van der Waals surface area contributed by atoms with Gasteiger partial charge >= 0.3 is 5.97 Å². The quantitative estimate of drug-likeness (QED) is 0.180. The molecule has 7 heteroatoms. The van der Waals surface area contributed by atoms with Crippen molar-refractivity contribution >= 4 is 29.2 Å². The van der Waals surface area contributed by atoms with Crippen LogP contribution >= 0.6 is 0 Å². The molecule has 0 aliphatic heterocycles. The first-order chi connectivity index (χ1) is 19.7. The summed E-state index contributed by atoms with van der Waals surface area (Å²) >= 11 is 0. The fourth-order valence-electron chi connectivity index (χ4n) is 4.95. The van der Waals surface area contributed by atoms with E-state index >= 15 is 0 Å². The number of carboxylic acids is 1. The van der Waals surface area contributed by atoms with Crippen molar-refractivity contribution in [2.24, 2.45) is 0 Å². The average Bonchev–Trinajstić information content (AvgIpc) is 2.94. The third-order valence-electron chi connectivity index (χ3n) is 6.83. The molecule has 0 aliphatic rings. The van der Waals surface area contributed by atoms with Crippen molar-refractivity contribution in [3.05, 3.63) is 119 Å². The minimum atomic E-state index is -0.972. The van der Waals surface area contributed by atoms with Crippen LogP contribution in [0.25, 0.3) is 11.1 Å². The van der Waals surface area contributed by atoms with Gasteiger partial charge in [0.2, 0.25) is 5.91 Å². The molecule has 41 heavy (non-hydrogen) atoms. The SMILES string of the molecule is Cc1cc(C)c(-c2ccc(NC(=O)C(Cc3ccccc3)Nc3ccc(C(=O)NCCC(=O)O)cc3)cc2)c(C)c1. The summed E-state index contributed by atoms with van der Waals surface area (Å²) in [6.45, 7) is 6.38. The fourth-order valence-corrected chi connectivity index (χ4v) is 4.95. The molecular weight excluding hydrogens is 514 g/mol. The molecule has 4 aromatic rings. The van der Waals surface area contributed by atoms with Crippen molar-refractivity contribution in [1.29, 1.82) is 0 Å². The van der Waals surface area contributed by atoms with Crippen molar-refractivity contribution in [3.63, 3.8) is 0 Å². The molecule has 7 nitrogen and oxygen atoms in total. The Morgan fingerprint density at radius 2 is 1.39 bits per heavy atom. The van der Waals surface area contributed by atoms with Gasteiger partial charge in [0.1, 0.15) is 6.04 Å². The Morgan fingerprint density at radius 3 is 2.00 bits per heavy atom. The van der Waals surface area contributed by atoms with Crippen LogP contribution in [0.15, 0.2) is 91.0 Å². The lowest BCUT2D eigenvalue weighted by atomic mass is 9.94. The van der Waals surface area contributed by atoms with Gasteiger partial charge in [0.25, 0.3) is 5.91 Å². The van der Waals surface area contributed by atoms with E-state index in [1.165, 1.54) is 22.3 Å². The molecule has 4 aromatic carbocycles. The number of carbonyl (C=O) groups is 3. The summed E-state index contributed by atoms with van der Waals surface area (Å²) in [7, 11) is 0. The number of carboxylic acid groups (broad SMARTS) is 1. The lowest BCUT2D eigenvalue weighted by Gasteiger charge is -2.20. The van der Waals surface area contributed by atoms with Crippen molar-refractivity contribution < 1.29 is 19.5 Å². The van der Waals surface area contributed by atoms with Crippen molar-refractivity contribution in [2.45, 2.75) is 39.7 Å². The number of nitrogens with one attached hydrogen (secondary N) is 3. The second-order valence-electron chi connectivity index (χ2n) is 10.2. The molecule has 1 atom stereocenters. The highest BCUT2D eigenvalue weighted by molar-refractivity contribution is 5.97. The van der Waals surface area contributed by atoms with Gasteiger partial charge in [-0.25, -0.2) is 0 Å². The molecule has 4 N–H and O–H groups in total. The monoisotopic (exact) mass is 549 g/mol. The second kappa shape index (κ2) is 13.4. The number of hydrogen-bond donors (Lipinski definition) is 4. The van der Waals surface area contributed by atoms with E-state index in [0.717, 1.165) is 11.1 Å². The standard InChI is InChI=1S/C34H35N3O4/c1-22-19-23(2)32(24(3)20-22)26-9-13-29(14-10-26)37-34(41)30(21-25-7-5-4-6-8-25)36-28-15-11-27(12-16-28)33(40)35-18-17-31(38)39/h4-16,19-20,30,36H,17-18,21H2,1-3H3,(H,35,40)(H,37,41)(H,38,39). The zero-order valence-electron chi connectivity index (χ0n) is 23.5. The van der Waals surface area contributed by atoms with E-state index in [1.54, 1.807) is 24.3 Å². The maximum absolute atomic E-state index is 13.5. The Hall–Kier alpha value is -4.91. The Labute approximate surface area is 240 Å². The predicted octanol–water partition coefficient (Wildman–Crippen LogP) is 6.15. The Morgan fingerprint density at radius 1 is 0.780 bits per heavy atom. The van der Waals surface area contributed by atoms with Crippen LogP contribution in [0.5, 0.6) is 0 Å². The van der Waals surface area contributed by atoms with Crippen LogP contribution in [-0.2, 0) is 16.0 Å². The Balaban J connectivity index is 1.47. The first kappa shape index (κ1) is 29.1. The summed E-state index contributed by atoms with van der Waals surface area (Å²) in [6.07, 6.45) is 0.319. The van der Waals surface area contributed by atoms with Gasteiger partial charge in [0.15, 0.2) is 0 Å². The number of amides is 2. The van der Waals surface area contributed by atoms with Crippen LogP contribution in [0, 0.1) is 20.8 Å². The fraction of sp³-hybridized carbons (Fsp3) is 0.206. The topological polar surface area (TPSA) is 108 Å². The van der Waals surface area contributed by atoms with Crippen LogP contribution in [0.2, 0.25) is 0 Å². The van der Waals surface area contributed by atoms with Crippen LogP contribution in [-0.4, -0.2) is 35.5 Å². The van der Waals surface area contributed by atoms with Gasteiger partial charge in [0.05, 0.1) is 6.42 Å². The smallest absolute Gasteiger partial charge is 0.305 e. The highest BCUT2D eigenvalue weighted by atomic mass is 16.4. The van der Waals surface area contributed by atoms with Crippen LogP contribution in [0.3, 0.4) is 0 Å². The lowest BCUT2D eigenvalue weighted by molar-refractivity contribution is -0.136. The molecular formula is C34H35N3O4. The van der Waals surface area contributed by atoms with E-state index < -0.39 is 12.0 Å². The van der Waals surface area contributed by atoms with Crippen molar-refractivity contribution in [3.8, 4) is 11.1 Å². The Kier molecular flexibility index (Phi) is 9.53. The number of carbonyl (C=O) groups excluding carboxylic acids is 2. The minimum absolute atomic E-state index is 0.0543. The number of anilines is 2. The molecule has 4 rings (SSSR count). The van der Waals surface area contributed by atoms with Gasteiger partial charge in [-0.05, 0) is 85.0 Å². The molecule has 210 valence electrons. The molecule has 0 heterocycles. The number of benzene rings is 4. The van der Waals surface area contributed by atoms with Crippen LogP contribution in [0.1, 0.15) is 39.0 Å². The molecule has 0 bridgehead atoms. The van der Waals surface area contributed by atoms with Crippen LogP contribution < -0.4 is 16.0 Å². The lowest BCUT2D eigenvalue weighted by Crippen LogP contribution is -2.36. The molecule has 2 amide bonds. The molecule has 1 unspecified atom stereocenters. The first-order valence-corrected chi connectivity index (χ1v) is 13.6. The van der Waals surface area contributed by atoms with Gasteiger partial charge in [0, 0.05) is 29.9 Å². The Bertz CT molecular complexity index is 1490. The average molecular weight is 550 g/mol. The van der Waals surface area contributed by atoms with E-state index in [4.69, 9.17) is 5.11 Å². The summed E-state index contributed by atoms with van der Waals surface area (Å²) in [4.78, 5) is 36.5. The summed E-state index contributed by atoms with van der Waals surface area (Å²) in [5.74, 6) is -1.50. The van der Waals surface area contributed by atoms with E-state index in [0.29, 0.717) is 23.4 Å². The zero-order chi connectivity index (χ0) is 29.4. The van der Waals surface area contributed by atoms with E-state index in [-0.39, 0.29) is 24.8 Å². The van der Waals surface area contributed by atoms with E-state index in [1.807, 2.05) is 54.6 Å². The normalized spacial score (nSPS) is 11.4. The molecule has 0 radical (unpaired) electrons. The second-order valence-corrected chi connectivity index (χ2v) is 10.2. The number of aryl methyl sites for hydroxylation is 3. The van der Waals surface area contributed by atoms with Crippen LogP contribution in [0.4, 0.5) is 11.4 Å². The van der Waals surface area contributed by atoms with E-state index in [9.17, 15) is 14.4 Å². The summed E-state index contributed by atoms with van der Waals surface area (Å²) in [5.41, 5.74) is 8.78. The van der Waals surface area contributed by atoms with Gasteiger partial charge < -0.3 is 21.1 Å². The molecule has 0 aliphatic carbocycles. The molecule has 0 saturated heterocycles. The number of rotatable bonds is 11. The minimum Gasteiger partial charge on any atom is -0.481 e. The largest absolute Gasteiger partial charge is 0.481 e. The van der Waals surface area contributed by atoms with Gasteiger partial charge in [-0.1, -0.05) is 60.2 Å². The van der Waals surface area contributed by atoms with Gasteiger partial charge in [-0.3, -0.25) is 14.4 Å². The molecule has 0 aromatic heterocycles. The highest BCUT2D eigenvalue weighted by Crippen LogP contribution is 2.29. The predicted molar refractivity (Wildman–Crippen MR) is 163 cm³/mol. The molecule has 0 saturated carbocycles. The first-order valence-electron chi connectivity index (χ1n) is 13.6. The third-order valence-corrected chi connectivity index (χ3v) is 6.83. The van der Waals surface area contributed by atoms with Gasteiger partial charge in [-0.15, -0.1) is 0 Å².